The molecule has 0 unspecified atom stereocenters. The smallest absolute Gasteiger partial charge is 0.219 e. The summed E-state index contributed by atoms with van der Waals surface area (Å²) in [6.07, 6.45) is 0.816. The SMILES string of the molecule is [Br-].c1ccc(Oc2cccc(C[P+](c3ccccc3)(c3ccccc3)c3ccccc3)n2)cc1. The summed E-state index contributed by atoms with van der Waals surface area (Å²) in [5, 5.41) is 4.04. The van der Waals surface area contributed by atoms with E-state index < -0.39 is 7.26 Å². The van der Waals surface area contributed by atoms with E-state index in [1.807, 2.05) is 42.5 Å². The molecule has 1 aromatic heterocycles. The van der Waals surface area contributed by atoms with E-state index in [9.17, 15) is 0 Å². The average Bonchev–Trinajstić information content (AvgIpc) is 2.90. The van der Waals surface area contributed by atoms with Gasteiger partial charge < -0.3 is 21.7 Å². The molecule has 2 nitrogen and oxygen atoms in total. The van der Waals surface area contributed by atoms with Gasteiger partial charge in [0.05, 0.1) is 5.69 Å². The van der Waals surface area contributed by atoms with Crippen LogP contribution in [0.25, 0.3) is 0 Å². The van der Waals surface area contributed by atoms with E-state index in [1.54, 1.807) is 0 Å². The zero-order valence-corrected chi connectivity index (χ0v) is 21.1. The largest absolute Gasteiger partial charge is 1.00 e. The standard InChI is InChI=1S/C30H25NOP.BrH/c1-5-15-26(16-6-1)32-30-23-13-14-25(31-30)24-33(27-17-7-2-8-18-27,28-19-9-3-10-20-28)29-21-11-4-12-22-29;/h1-23H,24H2;1H/q+1;/p-1. The van der Waals surface area contributed by atoms with Gasteiger partial charge in [0.1, 0.15) is 35.1 Å². The Morgan fingerprint density at radius 2 is 0.941 bits per heavy atom. The Balaban J connectivity index is 0.00000274. The fourth-order valence-corrected chi connectivity index (χ4v) is 8.37. The first-order chi connectivity index (χ1) is 16.3. The molecule has 0 aliphatic carbocycles. The maximum Gasteiger partial charge on any atom is 0.219 e. The molecular weight excluding hydrogens is 501 g/mol. The summed E-state index contributed by atoms with van der Waals surface area (Å²) in [5.41, 5.74) is 1.02. The summed E-state index contributed by atoms with van der Waals surface area (Å²) in [4.78, 5) is 4.93. The molecule has 168 valence electrons. The van der Waals surface area contributed by atoms with Crippen molar-refractivity contribution in [1.82, 2.24) is 4.98 Å². The third kappa shape index (κ3) is 5.12. The van der Waals surface area contributed by atoms with E-state index in [4.69, 9.17) is 9.72 Å². The number of para-hydroxylation sites is 1. The van der Waals surface area contributed by atoms with E-state index in [1.165, 1.54) is 15.9 Å². The predicted octanol–water partition coefficient (Wildman–Crippen LogP) is 3.37. The summed E-state index contributed by atoms with van der Waals surface area (Å²) in [6, 6.07) is 48.5. The molecule has 0 bridgehead atoms. The third-order valence-electron chi connectivity index (χ3n) is 5.74. The highest BCUT2D eigenvalue weighted by Crippen LogP contribution is 2.57. The van der Waals surface area contributed by atoms with Crippen LogP contribution in [0.4, 0.5) is 0 Å². The second-order valence-corrected chi connectivity index (χ2v) is 11.3. The molecule has 0 radical (unpaired) electrons. The Morgan fingerprint density at radius 3 is 1.41 bits per heavy atom. The quantitative estimate of drug-likeness (QED) is 0.304. The maximum atomic E-state index is 6.05. The van der Waals surface area contributed by atoms with Crippen molar-refractivity contribution in [2.24, 2.45) is 0 Å². The lowest BCUT2D eigenvalue weighted by Crippen LogP contribution is -3.00. The molecule has 4 heteroatoms. The van der Waals surface area contributed by atoms with Crippen molar-refractivity contribution >= 4 is 23.2 Å². The summed E-state index contributed by atoms with van der Waals surface area (Å²) < 4.78 is 6.05. The lowest BCUT2D eigenvalue weighted by atomic mass is 10.3. The van der Waals surface area contributed by atoms with Crippen LogP contribution in [0.1, 0.15) is 5.69 Å². The average molecular weight is 526 g/mol. The van der Waals surface area contributed by atoms with Crippen molar-refractivity contribution in [3.63, 3.8) is 0 Å². The zero-order valence-electron chi connectivity index (χ0n) is 18.7. The topological polar surface area (TPSA) is 22.1 Å². The summed E-state index contributed by atoms with van der Waals surface area (Å²) in [7, 11) is -2.00. The number of nitrogens with zero attached hydrogens (tertiary/aromatic N) is 1. The monoisotopic (exact) mass is 525 g/mol. The Hall–Kier alpha value is -3.26. The van der Waals surface area contributed by atoms with Gasteiger partial charge in [-0.25, -0.2) is 4.98 Å². The van der Waals surface area contributed by atoms with Crippen molar-refractivity contribution in [3.8, 4) is 11.6 Å². The van der Waals surface area contributed by atoms with E-state index in [2.05, 4.69) is 97.1 Å². The van der Waals surface area contributed by atoms with Gasteiger partial charge in [0.25, 0.3) is 0 Å². The molecule has 0 aliphatic heterocycles. The van der Waals surface area contributed by atoms with Gasteiger partial charge in [-0.2, -0.15) is 0 Å². The highest BCUT2D eigenvalue weighted by atomic mass is 79.9. The van der Waals surface area contributed by atoms with Crippen LogP contribution in [-0.2, 0) is 6.16 Å². The van der Waals surface area contributed by atoms with E-state index in [-0.39, 0.29) is 17.0 Å². The number of hydrogen-bond acceptors (Lipinski definition) is 2. The Kier molecular flexibility index (Phi) is 7.90. The van der Waals surface area contributed by atoms with Crippen molar-refractivity contribution in [2.75, 3.05) is 0 Å². The molecule has 0 N–H and O–H groups in total. The van der Waals surface area contributed by atoms with Crippen LogP contribution in [0.3, 0.4) is 0 Å². The van der Waals surface area contributed by atoms with Crippen molar-refractivity contribution < 1.29 is 21.7 Å². The van der Waals surface area contributed by atoms with Crippen LogP contribution in [0.15, 0.2) is 140 Å². The van der Waals surface area contributed by atoms with E-state index >= 15 is 0 Å². The van der Waals surface area contributed by atoms with Gasteiger partial charge in [-0.05, 0) is 54.6 Å². The molecule has 0 saturated heterocycles. The van der Waals surface area contributed by atoms with Crippen molar-refractivity contribution in [3.05, 3.63) is 145 Å². The number of pyridine rings is 1. The predicted molar refractivity (Wildman–Crippen MR) is 140 cm³/mol. The molecule has 0 atom stereocenters. The fourth-order valence-electron chi connectivity index (χ4n) is 4.22. The van der Waals surface area contributed by atoms with Gasteiger partial charge in [-0.1, -0.05) is 78.9 Å². The first-order valence-electron chi connectivity index (χ1n) is 11.1. The van der Waals surface area contributed by atoms with Crippen LogP contribution in [0.5, 0.6) is 11.6 Å². The summed E-state index contributed by atoms with van der Waals surface area (Å²) >= 11 is 0. The molecule has 34 heavy (non-hydrogen) atoms. The van der Waals surface area contributed by atoms with Gasteiger partial charge in [0.15, 0.2) is 0 Å². The molecule has 5 aromatic rings. The number of ether oxygens (including phenoxy) is 1. The van der Waals surface area contributed by atoms with Gasteiger partial charge in [0, 0.05) is 6.07 Å². The minimum atomic E-state index is -2.00. The zero-order chi connectivity index (χ0) is 22.3. The molecule has 0 aliphatic rings. The van der Waals surface area contributed by atoms with Crippen molar-refractivity contribution in [1.29, 1.82) is 0 Å². The minimum Gasteiger partial charge on any atom is -1.00 e. The lowest BCUT2D eigenvalue weighted by molar-refractivity contribution is -0.00000712. The van der Waals surface area contributed by atoms with E-state index in [0.29, 0.717) is 5.88 Å². The van der Waals surface area contributed by atoms with Crippen LogP contribution in [-0.4, -0.2) is 4.98 Å². The molecule has 0 fully saturated rings. The van der Waals surface area contributed by atoms with Gasteiger partial charge in [-0.15, -0.1) is 0 Å². The Bertz CT molecular complexity index is 1200. The molecule has 0 saturated carbocycles. The number of halogens is 1. The number of benzene rings is 4. The van der Waals surface area contributed by atoms with Gasteiger partial charge in [-0.3, -0.25) is 0 Å². The number of hydrogen-bond donors (Lipinski definition) is 0. The number of aromatic nitrogens is 1. The second-order valence-electron chi connectivity index (χ2n) is 7.86. The van der Waals surface area contributed by atoms with Gasteiger partial charge in [0.2, 0.25) is 5.88 Å². The highest BCUT2D eigenvalue weighted by molar-refractivity contribution is 7.95. The summed E-state index contributed by atoms with van der Waals surface area (Å²) in [6.45, 7) is 0. The molecule has 0 spiro atoms. The number of rotatable bonds is 7. The summed E-state index contributed by atoms with van der Waals surface area (Å²) in [5.74, 6) is 1.41. The third-order valence-corrected chi connectivity index (χ3v) is 10.1. The first-order valence-corrected chi connectivity index (χ1v) is 13.1. The fraction of sp³-hybridized carbons (Fsp3) is 0.0333. The highest BCUT2D eigenvalue weighted by Gasteiger charge is 2.45. The maximum absolute atomic E-state index is 6.05. The van der Waals surface area contributed by atoms with Crippen molar-refractivity contribution in [2.45, 2.75) is 6.16 Å². The second kappa shape index (κ2) is 11.2. The molecular formula is C30H25BrNOP. The lowest BCUT2D eigenvalue weighted by Gasteiger charge is -2.27. The molecule has 1 heterocycles. The Morgan fingerprint density at radius 1 is 0.500 bits per heavy atom. The van der Waals surface area contributed by atoms with Crippen LogP contribution in [0.2, 0.25) is 0 Å². The molecule has 0 amide bonds. The molecule has 5 rings (SSSR count). The van der Waals surface area contributed by atoms with Crippen LogP contribution < -0.4 is 37.6 Å². The van der Waals surface area contributed by atoms with Gasteiger partial charge >= 0.3 is 0 Å². The van der Waals surface area contributed by atoms with Crippen LogP contribution in [0, 0.1) is 0 Å². The van der Waals surface area contributed by atoms with Crippen LogP contribution >= 0.6 is 7.26 Å². The normalized spacial score (nSPS) is 10.8. The van der Waals surface area contributed by atoms with E-state index in [0.717, 1.165) is 17.6 Å². The first kappa shape index (κ1) is 23.9. The Labute approximate surface area is 212 Å². The molecule has 4 aromatic carbocycles. The minimum absolute atomic E-state index is 0.